The number of anilines is 1. The number of rotatable bonds is 4. The van der Waals surface area contributed by atoms with Gasteiger partial charge >= 0.3 is 0 Å². The summed E-state index contributed by atoms with van der Waals surface area (Å²) in [5, 5.41) is 11.9. The van der Waals surface area contributed by atoms with Crippen LogP contribution < -0.4 is 10.1 Å². The molecule has 4 nitrogen and oxygen atoms in total. The van der Waals surface area contributed by atoms with Crippen LogP contribution >= 0.6 is 15.9 Å². The number of hydrogen-bond donors (Lipinski definition) is 2. The maximum absolute atomic E-state index is 11.7. The van der Waals surface area contributed by atoms with Crippen molar-refractivity contribution in [2.75, 3.05) is 11.9 Å². The zero-order valence-corrected chi connectivity index (χ0v) is 11.6. The van der Waals surface area contributed by atoms with E-state index in [-0.39, 0.29) is 18.3 Å². The summed E-state index contributed by atoms with van der Waals surface area (Å²) in [7, 11) is 0. The molecular formula is C14H12BrNO3. The number of phenolic OH excluding ortho intramolecular Hbond substituents is 1. The highest BCUT2D eigenvalue weighted by Crippen LogP contribution is 2.21. The van der Waals surface area contributed by atoms with Crippen LogP contribution in [0.2, 0.25) is 0 Å². The van der Waals surface area contributed by atoms with E-state index >= 15 is 0 Å². The Bertz CT molecular complexity index is 569. The molecule has 19 heavy (non-hydrogen) atoms. The molecule has 2 aromatic carbocycles. The van der Waals surface area contributed by atoms with Gasteiger partial charge in [-0.05, 0) is 52.3 Å². The maximum atomic E-state index is 11.7. The number of amides is 1. The van der Waals surface area contributed by atoms with Gasteiger partial charge in [0.1, 0.15) is 11.5 Å². The normalized spacial score (nSPS) is 9.95. The lowest BCUT2D eigenvalue weighted by molar-refractivity contribution is -0.118. The van der Waals surface area contributed by atoms with Gasteiger partial charge in [-0.1, -0.05) is 12.1 Å². The fourth-order valence-electron chi connectivity index (χ4n) is 1.44. The quantitative estimate of drug-likeness (QED) is 0.909. The third-order valence-electron chi connectivity index (χ3n) is 2.35. The molecule has 0 unspecified atom stereocenters. The lowest BCUT2D eigenvalue weighted by Gasteiger charge is -2.08. The number of nitrogens with one attached hydrogen (secondary N) is 1. The maximum Gasteiger partial charge on any atom is 0.262 e. The van der Waals surface area contributed by atoms with E-state index in [2.05, 4.69) is 21.2 Å². The molecule has 98 valence electrons. The minimum atomic E-state index is -0.250. The predicted molar refractivity (Wildman–Crippen MR) is 76.4 cm³/mol. The molecule has 0 bridgehead atoms. The molecule has 0 aromatic heterocycles. The van der Waals surface area contributed by atoms with Gasteiger partial charge in [0.2, 0.25) is 0 Å². The third kappa shape index (κ3) is 3.99. The van der Waals surface area contributed by atoms with Crippen LogP contribution in [0.3, 0.4) is 0 Å². The number of halogens is 1. The van der Waals surface area contributed by atoms with Crippen LogP contribution in [-0.4, -0.2) is 17.6 Å². The third-order valence-corrected chi connectivity index (χ3v) is 3.05. The molecule has 0 spiro atoms. The Morgan fingerprint density at radius 3 is 2.53 bits per heavy atom. The molecule has 0 fully saturated rings. The zero-order chi connectivity index (χ0) is 13.7. The van der Waals surface area contributed by atoms with E-state index in [1.807, 2.05) is 18.2 Å². The number of phenols is 1. The van der Waals surface area contributed by atoms with E-state index in [0.717, 1.165) is 4.47 Å². The minimum Gasteiger partial charge on any atom is -0.508 e. The van der Waals surface area contributed by atoms with E-state index in [9.17, 15) is 4.79 Å². The largest absolute Gasteiger partial charge is 0.508 e. The molecule has 1 amide bonds. The summed E-state index contributed by atoms with van der Waals surface area (Å²) < 4.78 is 6.11. The van der Waals surface area contributed by atoms with Crippen LogP contribution in [0.5, 0.6) is 11.5 Å². The number of hydrogen-bond acceptors (Lipinski definition) is 3. The van der Waals surface area contributed by atoms with Crippen molar-refractivity contribution in [3.05, 3.63) is 53.0 Å². The highest BCUT2D eigenvalue weighted by Gasteiger charge is 2.05. The second-order valence-electron chi connectivity index (χ2n) is 3.81. The van der Waals surface area contributed by atoms with Gasteiger partial charge < -0.3 is 15.2 Å². The van der Waals surface area contributed by atoms with Gasteiger partial charge in [0.05, 0.1) is 5.69 Å². The molecule has 2 rings (SSSR count). The van der Waals surface area contributed by atoms with Crippen LogP contribution in [0.15, 0.2) is 53.0 Å². The average Bonchev–Trinajstić information content (AvgIpc) is 2.41. The summed E-state index contributed by atoms with van der Waals surface area (Å²) in [5.74, 6) is 0.435. The minimum absolute atomic E-state index is 0.0912. The molecule has 0 saturated carbocycles. The van der Waals surface area contributed by atoms with Crippen molar-refractivity contribution >= 4 is 27.5 Å². The molecule has 0 aliphatic heterocycles. The highest BCUT2D eigenvalue weighted by atomic mass is 79.9. The first-order valence-electron chi connectivity index (χ1n) is 5.61. The standard InChI is InChI=1S/C14H12BrNO3/c15-12-3-1-2-4-13(12)16-14(18)9-19-11-7-5-10(17)6-8-11/h1-8,17H,9H2,(H,16,18). The molecule has 0 aliphatic carbocycles. The molecular weight excluding hydrogens is 310 g/mol. The summed E-state index contributed by atoms with van der Waals surface area (Å²) in [6.07, 6.45) is 0. The fourth-order valence-corrected chi connectivity index (χ4v) is 1.82. The molecule has 0 radical (unpaired) electrons. The van der Waals surface area contributed by atoms with Crippen LogP contribution in [0.4, 0.5) is 5.69 Å². The van der Waals surface area contributed by atoms with Crippen molar-refractivity contribution in [2.45, 2.75) is 0 Å². The SMILES string of the molecule is O=C(COc1ccc(O)cc1)Nc1ccccc1Br. The Labute approximate surface area is 119 Å². The van der Waals surface area contributed by atoms with Crippen molar-refractivity contribution in [3.8, 4) is 11.5 Å². The van der Waals surface area contributed by atoms with Crippen molar-refractivity contribution in [1.29, 1.82) is 0 Å². The number of aromatic hydroxyl groups is 1. The van der Waals surface area contributed by atoms with Crippen molar-refractivity contribution in [2.24, 2.45) is 0 Å². The second-order valence-corrected chi connectivity index (χ2v) is 4.66. The number of benzene rings is 2. The number of para-hydroxylation sites is 1. The Balaban J connectivity index is 1.88. The van der Waals surface area contributed by atoms with E-state index in [4.69, 9.17) is 9.84 Å². The highest BCUT2D eigenvalue weighted by molar-refractivity contribution is 9.10. The molecule has 2 aromatic rings. The lowest BCUT2D eigenvalue weighted by Crippen LogP contribution is -2.20. The predicted octanol–water partition coefficient (Wildman–Crippen LogP) is 3.17. The van der Waals surface area contributed by atoms with E-state index in [1.54, 1.807) is 18.2 Å². The first kappa shape index (κ1) is 13.4. The lowest BCUT2D eigenvalue weighted by atomic mass is 10.3. The smallest absolute Gasteiger partial charge is 0.262 e. The van der Waals surface area contributed by atoms with E-state index in [0.29, 0.717) is 11.4 Å². The first-order valence-corrected chi connectivity index (χ1v) is 6.40. The second kappa shape index (κ2) is 6.24. The van der Waals surface area contributed by atoms with E-state index in [1.165, 1.54) is 12.1 Å². The molecule has 2 N–H and O–H groups in total. The molecule has 0 heterocycles. The van der Waals surface area contributed by atoms with Gasteiger partial charge in [0, 0.05) is 4.47 Å². The van der Waals surface area contributed by atoms with Crippen molar-refractivity contribution in [3.63, 3.8) is 0 Å². The summed E-state index contributed by atoms with van der Waals surface area (Å²) in [4.78, 5) is 11.7. The molecule has 0 aliphatic rings. The topological polar surface area (TPSA) is 58.6 Å². The number of carbonyl (C=O) groups excluding carboxylic acids is 1. The summed E-state index contributed by atoms with van der Waals surface area (Å²) >= 11 is 3.35. The van der Waals surface area contributed by atoms with Gasteiger partial charge in [-0.2, -0.15) is 0 Å². The molecule has 5 heteroatoms. The molecule has 0 atom stereocenters. The number of carbonyl (C=O) groups is 1. The van der Waals surface area contributed by atoms with Gasteiger partial charge in [-0.25, -0.2) is 0 Å². The monoisotopic (exact) mass is 321 g/mol. The Morgan fingerprint density at radius 1 is 1.16 bits per heavy atom. The van der Waals surface area contributed by atoms with Gasteiger partial charge in [-0.3, -0.25) is 4.79 Å². The Morgan fingerprint density at radius 2 is 1.84 bits per heavy atom. The van der Waals surface area contributed by atoms with Crippen LogP contribution in [-0.2, 0) is 4.79 Å². The average molecular weight is 322 g/mol. The van der Waals surface area contributed by atoms with Crippen LogP contribution in [0.1, 0.15) is 0 Å². The molecule has 0 saturated heterocycles. The summed E-state index contributed by atoms with van der Waals surface area (Å²) in [6.45, 7) is -0.0912. The van der Waals surface area contributed by atoms with Gasteiger partial charge in [0.15, 0.2) is 6.61 Å². The van der Waals surface area contributed by atoms with Crippen molar-refractivity contribution in [1.82, 2.24) is 0 Å². The fraction of sp³-hybridized carbons (Fsp3) is 0.0714. The van der Waals surface area contributed by atoms with Crippen molar-refractivity contribution < 1.29 is 14.6 Å². The van der Waals surface area contributed by atoms with E-state index < -0.39 is 0 Å². The van der Waals surface area contributed by atoms with Crippen LogP contribution in [0, 0.1) is 0 Å². The van der Waals surface area contributed by atoms with Crippen LogP contribution in [0.25, 0.3) is 0 Å². The van der Waals surface area contributed by atoms with Gasteiger partial charge in [-0.15, -0.1) is 0 Å². The Kier molecular flexibility index (Phi) is 4.41. The summed E-state index contributed by atoms with van der Waals surface area (Å²) in [6, 6.07) is 13.5. The first-order chi connectivity index (χ1) is 9.15. The number of ether oxygens (including phenoxy) is 1. The Hall–Kier alpha value is -2.01. The summed E-state index contributed by atoms with van der Waals surface area (Å²) in [5.41, 5.74) is 0.696. The van der Waals surface area contributed by atoms with Gasteiger partial charge in [0.25, 0.3) is 5.91 Å². The zero-order valence-electron chi connectivity index (χ0n) is 9.97.